The normalized spacial score (nSPS) is 14.5. The third-order valence-electron chi connectivity index (χ3n) is 6.70. The van der Waals surface area contributed by atoms with Gasteiger partial charge >= 0.3 is 6.36 Å². The molecule has 4 rings (SSSR count). The molecular weight excluding hydrogens is 543 g/mol. The van der Waals surface area contributed by atoms with Crippen molar-refractivity contribution in [3.05, 3.63) is 64.6 Å². The van der Waals surface area contributed by atoms with E-state index in [0.717, 1.165) is 48.8 Å². The molecule has 1 N–H and O–H groups in total. The Labute approximate surface area is 236 Å². The van der Waals surface area contributed by atoms with Crippen LogP contribution >= 0.6 is 23.6 Å². The number of likely N-dealkylation sites (tertiary alicyclic amines) is 1. The van der Waals surface area contributed by atoms with Crippen LogP contribution in [0.15, 0.2) is 53.9 Å². The number of anilines is 1. The number of thiocarbonyl (C=S) groups is 1. The van der Waals surface area contributed by atoms with Gasteiger partial charge < -0.3 is 15.0 Å². The fraction of sp³-hybridized carbons (Fsp3) is 0.414. The number of nitrogens with zero attached hydrogens (tertiary/aromatic N) is 2. The van der Waals surface area contributed by atoms with Crippen LogP contribution in [0.3, 0.4) is 0 Å². The summed E-state index contributed by atoms with van der Waals surface area (Å²) in [7, 11) is 0. The third kappa shape index (κ3) is 8.25. The van der Waals surface area contributed by atoms with Gasteiger partial charge in [-0.25, -0.2) is 4.98 Å². The lowest BCUT2D eigenvalue weighted by Crippen LogP contribution is -2.36. The highest BCUT2D eigenvalue weighted by Gasteiger charge is 2.31. The van der Waals surface area contributed by atoms with E-state index in [1.165, 1.54) is 42.0 Å². The minimum atomic E-state index is -4.75. The number of aromatic nitrogens is 1. The molecule has 0 saturated carbocycles. The smallest absolute Gasteiger partial charge is 0.406 e. The summed E-state index contributed by atoms with van der Waals surface area (Å²) in [5, 5.41) is 5.65. The molecular formula is C29H32F3N3O2S2. The molecule has 1 fully saturated rings. The summed E-state index contributed by atoms with van der Waals surface area (Å²) in [5.41, 5.74) is 2.22. The molecule has 1 aliphatic rings. The summed E-state index contributed by atoms with van der Waals surface area (Å²) >= 11 is 7.16. The van der Waals surface area contributed by atoms with E-state index in [-0.39, 0.29) is 11.7 Å². The molecule has 3 aromatic rings. The van der Waals surface area contributed by atoms with Gasteiger partial charge in [-0.1, -0.05) is 62.8 Å². The fourth-order valence-electron chi connectivity index (χ4n) is 4.64. The number of para-hydroxylation sites is 1. The molecule has 1 amide bonds. The first-order valence-corrected chi connectivity index (χ1v) is 14.4. The maximum Gasteiger partial charge on any atom is 0.573 e. The van der Waals surface area contributed by atoms with Gasteiger partial charge in [0.25, 0.3) is 5.91 Å². The van der Waals surface area contributed by atoms with Crippen molar-refractivity contribution in [2.24, 2.45) is 5.92 Å². The molecule has 0 bridgehead atoms. The van der Waals surface area contributed by atoms with Crippen molar-refractivity contribution in [3.8, 4) is 16.9 Å². The van der Waals surface area contributed by atoms with Crippen molar-refractivity contribution in [1.82, 2.24) is 9.88 Å². The Hall–Kier alpha value is -2.98. The van der Waals surface area contributed by atoms with Crippen molar-refractivity contribution in [1.29, 1.82) is 0 Å². The standard InChI is InChI=1S/C29H32F3N3O2S2/c1-19(2)6-5-9-26(38)35-16-14-21(15-17-35)28-34-25(18-39-28)27(36)33-24-8-4-3-7-23(24)20-10-12-22(13-11-20)37-29(30,31)32/h3-4,7-8,10-13,18-19,21H,5-6,9,14-17H2,1-2H3,(H,33,36). The van der Waals surface area contributed by atoms with E-state index in [0.29, 0.717) is 34.3 Å². The highest BCUT2D eigenvalue weighted by molar-refractivity contribution is 7.80. The number of benzene rings is 2. The molecule has 208 valence electrons. The molecule has 0 radical (unpaired) electrons. The first-order chi connectivity index (χ1) is 18.6. The van der Waals surface area contributed by atoms with Crippen LogP contribution in [0.4, 0.5) is 18.9 Å². The van der Waals surface area contributed by atoms with Crippen molar-refractivity contribution in [2.75, 3.05) is 18.4 Å². The number of thiazole rings is 1. The number of ether oxygens (including phenoxy) is 1. The number of piperidine rings is 1. The van der Waals surface area contributed by atoms with Crippen LogP contribution in [-0.4, -0.2) is 40.2 Å². The zero-order valence-electron chi connectivity index (χ0n) is 22.0. The Morgan fingerprint density at radius 1 is 1.15 bits per heavy atom. The van der Waals surface area contributed by atoms with Gasteiger partial charge in [-0.15, -0.1) is 24.5 Å². The van der Waals surface area contributed by atoms with Crippen molar-refractivity contribution >= 4 is 40.1 Å². The lowest BCUT2D eigenvalue weighted by Gasteiger charge is -2.33. The molecule has 0 unspecified atom stereocenters. The highest BCUT2D eigenvalue weighted by Crippen LogP contribution is 2.33. The van der Waals surface area contributed by atoms with Crippen molar-refractivity contribution in [2.45, 2.75) is 58.2 Å². The SMILES string of the molecule is CC(C)CCCC(=S)N1CCC(c2nc(C(=O)Nc3ccccc3-c3ccc(OC(F)(F)F)cc3)cs2)CC1. The Balaban J connectivity index is 1.35. The molecule has 39 heavy (non-hydrogen) atoms. The molecule has 10 heteroatoms. The van der Waals surface area contributed by atoms with Crippen LogP contribution < -0.4 is 10.1 Å². The number of carbonyl (C=O) groups is 1. The predicted octanol–water partition coefficient (Wildman–Crippen LogP) is 8.29. The van der Waals surface area contributed by atoms with E-state index < -0.39 is 6.36 Å². The topological polar surface area (TPSA) is 54.5 Å². The molecule has 1 aliphatic heterocycles. The Morgan fingerprint density at radius 3 is 2.51 bits per heavy atom. The zero-order valence-corrected chi connectivity index (χ0v) is 23.6. The van der Waals surface area contributed by atoms with Crippen LogP contribution in [0.5, 0.6) is 5.75 Å². The van der Waals surface area contributed by atoms with Crippen LogP contribution in [-0.2, 0) is 0 Å². The number of hydrogen-bond donors (Lipinski definition) is 1. The zero-order chi connectivity index (χ0) is 28.0. The van der Waals surface area contributed by atoms with Crippen LogP contribution in [0, 0.1) is 5.92 Å². The van der Waals surface area contributed by atoms with Gasteiger partial charge in [0.05, 0.1) is 10.00 Å². The average Bonchev–Trinajstić information content (AvgIpc) is 3.39. The van der Waals surface area contributed by atoms with Gasteiger partial charge in [-0.2, -0.15) is 0 Å². The van der Waals surface area contributed by atoms with Gasteiger partial charge in [-0.05, 0) is 55.4 Å². The number of alkyl halides is 3. The molecule has 2 aromatic carbocycles. The van der Waals surface area contributed by atoms with Crippen LogP contribution in [0.2, 0.25) is 0 Å². The molecule has 5 nitrogen and oxygen atoms in total. The Kier molecular flexibility index (Phi) is 9.61. The number of halogens is 3. The number of hydrogen-bond acceptors (Lipinski definition) is 5. The lowest BCUT2D eigenvalue weighted by atomic mass is 9.97. The quantitative estimate of drug-likeness (QED) is 0.260. The summed E-state index contributed by atoms with van der Waals surface area (Å²) < 4.78 is 41.4. The van der Waals surface area contributed by atoms with Crippen LogP contribution in [0.25, 0.3) is 11.1 Å². The monoisotopic (exact) mass is 575 g/mol. The summed E-state index contributed by atoms with van der Waals surface area (Å²) in [6.07, 6.45) is 0.436. The summed E-state index contributed by atoms with van der Waals surface area (Å²) in [4.78, 5) is 21.1. The van der Waals surface area contributed by atoms with Crippen molar-refractivity contribution < 1.29 is 22.7 Å². The van der Waals surface area contributed by atoms with E-state index in [1.54, 1.807) is 29.6 Å². The highest BCUT2D eigenvalue weighted by atomic mass is 32.1. The number of rotatable bonds is 9. The minimum absolute atomic E-state index is 0.302. The first-order valence-electron chi connectivity index (χ1n) is 13.1. The van der Waals surface area contributed by atoms with E-state index in [9.17, 15) is 18.0 Å². The van der Waals surface area contributed by atoms with Gasteiger partial charge in [0.2, 0.25) is 0 Å². The maximum absolute atomic E-state index is 13.1. The van der Waals surface area contributed by atoms with Crippen LogP contribution in [0.1, 0.15) is 67.4 Å². The number of amides is 1. The number of carbonyl (C=O) groups excluding carboxylic acids is 1. The third-order valence-corrected chi connectivity index (χ3v) is 8.17. The molecule has 0 aliphatic carbocycles. The molecule has 0 spiro atoms. The van der Waals surface area contributed by atoms with Gasteiger partial charge in [-0.3, -0.25) is 4.79 Å². The summed E-state index contributed by atoms with van der Waals surface area (Å²) in [6.45, 7) is 6.28. The average molecular weight is 576 g/mol. The van der Waals surface area contributed by atoms with Gasteiger partial charge in [0.1, 0.15) is 11.4 Å². The molecule has 0 atom stereocenters. The Bertz CT molecular complexity index is 1270. The fourth-order valence-corrected chi connectivity index (χ4v) is 5.94. The van der Waals surface area contributed by atoms with E-state index in [4.69, 9.17) is 12.2 Å². The van der Waals surface area contributed by atoms with E-state index >= 15 is 0 Å². The second-order valence-corrected chi connectivity index (χ2v) is 11.4. The first kappa shape index (κ1) is 29.0. The van der Waals surface area contributed by atoms with Gasteiger partial charge in [0, 0.05) is 35.6 Å². The van der Waals surface area contributed by atoms with Crippen molar-refractivity contribution in [3.63, 3.8) is 0 Å². The summed E-state index contributed by atoms with van der Waals surface area (Å²) in [6, 6.07) is 12.7. The largest absolute Gasteiger partial charge is 0.573 e. The Morgan fingerprint density at radius 2 is 1.85 bits per heavy atom. The van der Waals surface area contributed by atoms with E-state index in [1.807, 2.05) is 0 Å². The second-order valence-electron chi connectivity index (χ2n) is 10.1. The number of nitrogens with one attached hydrogen (secondary N) is 1. The second kappa shape index (κ2) is 12.9. The molecule has 1 saturated heterocycles. The predicted molar refractivity (Wildman–Crippen MR) is 153 cm³/mol. The molecule has 1 aromatic heterocycles. The van der Waals surface area contributed by atoms with Gasteiger partial charge in [0.15, 0.2) is 0 Å². The van der Waals surface area contributed by atoms with E-state index in [2.05, 4.69) is 33.8 Å². The lowest BCUT2D eigenvalue weighted by molar-refractivity contribution is -0.274. The summed E-state index contributed by atoms with van der Waals surface area (Å²) in [5.74, 6) is 0.361. The minimum Gasteiger partial charge on any atom is -0.406 e. The maximum atomic E-state index is 13.1. The molecule has 2 heterocycles.